The molecule has 0 radical (unpaired) electrons. The second-order valence-electron chi connectivity index (χ2n) is 8.20. The molecule has 3 rings (SSSR count). The van der Waals surface area contributed by atoms with Crippen molar-refractivity contribution in [2.75, 3.05) is 57.5 Å². The molecule has 1 saturated heterocycles. The lowest BCUT2D eigenvalue weighted by molar-refractivity contribution is -0.116. The van der Waals surface area contributed by atoms with Crippen LogP contribution in [0.1, 0.15) is 12.0 Å². The number of carbonyl (C=O) groups is 1. The molecule has 11 heteroatoms. The first kappa shape index (κ1) is 26.3. The molecule has 0 saturated carbocycles. The number of allylic oxidation sites excluding steroid dienone is 1. The Morgan fingerprint density at radius 1 is 1.20 bits per heavy atom. The van der Waals surface area contributed by atoms with Gasteiger partial charge in [-0.25, -0.2) is 9.37 Å². The van der Waals surface area contributed by atoms with Gasteiger partial charge in [-0.3, -0.25) is 4.79 Å². The van der Waals surface area contributed by atoms with Crippen LogP contribution in [-0.4, -0.2) is 67.6 Å². The second-order valence-corrected chi connectivity index (χ2v) is 8.64. The molecule has 1 fully saturated rings. The fraction of sp³-hybridized carbons (Fsp3) is 0.333. The smallest absolute Gasteiger partial charge is 0.226 e. The Bertz CT molecular complexity index is 1100. The summed E-state index contributed by atoms with van der Waals surface area (Å²) in [6.45, 7) is 4.60. The van der Waals surface area contributed by atoms with Crippen LogP contribution in [0.4, 0.5) is 15.9 Å². The summed E-state index contributed by atoms with van der Waals surface area (Å²) in [7, 11) is 3.50. The van der Waals surface area contributed by atoms with E-state index in [2.05, 4.69) is 32.5 Å². The summed E-state index contributed by atoms with van der Waals surface area (Å²) in [6.07, 6.45) is 3.36. The first-order valence-corrected chi connectivity index (χ1v) is 11.5. The summed E-state index contributed by atoms with van der Waals surface area (Å²) in [5.74, 6) is -0.234. The predicted molar refractivity (Wildman–Crippen MR) is 137 cm³/mol. The van der Waals surface area contributed by atoms with Gasteiger partial charge < -0.3 is 36.6 Å². The van der Waals surface area contributed by atoms with Gasteiger partial charge in [-0.05, 0) is 37.4 Å². The van der Waals surface area contributed by atoms with E-state index in [0.717, 1.165) is 26.2 Å². The fourth-order valence-corrected chi connectivity index (χ4v) is 3.67. The average molecular weight is 504 g/mol. The molecule has 1 amide bonds. The van der Waals surface area contributed by atoms with Crippen LogP contribution in [-0.2, 0) is 9.53 Å². The van der Waals surface area contributed by atoms with Crippen molar-refractivity contribution >= 4 is 34.7 Å². The van der Waals surface area contributed by atoms with E-state index < -0.39 is 5.82 Å². The van der Waals surface area contributed by atoms with E-state index in [1.165, 1.54) is 31.4 Å². The normalized spacial score (nSPS) is 15.9. The number of methoxy groups -OCH3 is 1. The number of ether oxygens (including phenoxy) is 1. The Morgan fingerprint density at radius 2 is 1.94 bits per heavy atom. The van der Waals surface area contributed by atoms with Crippen molar-refractivity contribution in [2.24, 2.45) is 11.5 Å². The largest absolute Gasteiger partial charge is 0.481 e. The van der Waals surface area contributed by atoms with Gasteiger partial charge in [0.1, 0.15) is 17.3 Å². The molecule has 0 spiro atoms. The number of aromatic nitrogens is 1. The van der Waals surface area contributed by atoms with Gasteiger partial charge in [-0.2, -0.15) is 0 Å². The first-order valence-electron chi connectivity index (χ1n) is 11.2. The Labute approximate surface area is 209 Å². The van der Waals surface area contributed by atoms with Gasteiger partial charge in [-0.1, -0.05) is 11.6 Å². The van der Waals surface area contributed by atoms with Crippen LogP contribution in [0.3, 0.4) is 0 Å². The number of carbonyl (C=O) groups excluding carboxylic acids is 1. The molecule has 0 unspecified atom stereocenters. The number of amides is 1. The molecule has 9 nitrogen and oxygen atoms in total. The van der Waals surface area contributed by atoms with Crippen LogP contribution in [0.25, 0.3) is 5.70 Å². The average Bonchev–Trinajstić information content (AvgIpc) is 2.84. The lowest BCUT2D eigenvalue weighted by Gasteiger charge is -2.32. The molecule has 2 aromatic rings. The standard InChI is InChI=1S/C24H31ClFN7O2/c1-32-9-11-33(12-10-32)8-6-23(34)31-22-14-17(5-7-29-22)30-21(24(28)35-2)15-20(27)18-13-16(25)3-4-19(18)26/h3-5,7,13-15H,6,8-12,27-28H2,1-2H3,(H2,29,30,31,34)/b20-15-,24-21-. The molecule has 35 heavy (non-hydrogen) atoms. The van der Waals surface area contributed by atoms with Crippen molar-refractivity contribution in [2.45, 2.75) is 6.42 Å². The van der Waals surface area contributed by atoms with Gasteiger partial charge in [0.15, 0.2) is 0 Å². The third-order valence-electron chi connectivity index (χ3n) is 5.58. The minimum absolute atomic E-state index is 0.0324. The van der Waals surface area contributed by atoms with E-state index in [1.807, 2.05) is 0 Å². The van der Waals surface area contributed by atoms with Crippen molar-refractivity contribution in [1.29, 1.82) is 0 Å². The highest BCUT2D eigenvalue weighted by Crippen LogP contribution is 2.22. The summed E-state index contributed by atoms with van der Waals surface area (Å²) in [5, 5.41) is 6.24. The Balaban J connectivity index is 1.67. The number of pyridine rings is 1. The van der Waals surface area contributed by atoms with Crippen LogP contribution in [0.2, 0.25) is 5.02 Å². The highest BCUT2D eigenvalue weighted by molar-refractivity contribution is 6.30. The van der Waals surface area contributed by atoms with Crippen molar-refractivity contribution in [3.05, 3.63) is 70.6 Å². The maximum Gasteiger partial charge on any atom is 0.226 e. The maximum atomic E-state index is 14.2. The summed E-state index contributed by atoms with van der Waals surface area (Å²) in [5.41, 5.74) is 13.2. The lowest BCUT2D eigenvalue weighted by Crippen LogP contribution is -2.45. The Kier molecular flexibility index (Phi) is 9.30. The summed E-state index contributed by atoms with van der Waals surface area (Å²) in [6, 6.07) is 7.43. The fourth-order valence-electron chi connectivity index (χ4n) is 3.50. The number of hydrogen-bond acceptors (Lipinski definition) is 8. The van der Waals surface area contributed by atoms with Crippen molar-refractivity contribution in [1.82, 2.24) is 14.8 Å². The van der Waals surface area contributed by atoms with Gasteiger partial charge in [0.05, 0.1) is 7.11 Å². The minimum atomic E-state index is -0.524. The van der Waals surface area contributed by atoms with E-state index in [-0.39, 0.29) is 23.1 Å². The van der Waals surface area contributed by atoms with E-state index in [0.29, 0.717) is 35.2 Å². The lowest BCUT2D eigenvalue weighted by atomic mass is 10.1. The van der Waals surface area contributed by atoms with Gasteiger partial charge >= 0.3 is 0 Å². The summed E-state index contributed by atoms with van der Waals surface area (Å²) >= 11 is 5.98. The molecular weight excluding hydrogens is 473 g/mol. The predicted octanol–water partition coefficient (Wildman–Crippen LogP) is 2.64. The number of nitrogens with two attached hydrogens (primary N) is 2. The number of piperazine rings is 1. The number of benzene rings is 1. The van der Waals surface area contributed by atoms with Crippen LogP contribution in [0.15, 0.2) is 54.2 Å². The first-order chi connectivity index (χ1) is 16.7. The van der Waals surface area contributed by atoms with E-state index >= 15 is 0 Å². The number of likely N-dealkylation sites (N-methyl/N-ethyl adjacent to an activating group) is 1. The zero-order valence-corrected chi connectivity index (χ0v) is 20.6. The molecule has 1 aliphatic rings. The second kappa shape index (κ2) is 12.4. The number of nitrogens with one attached hydrogen (secondary N) is 2. The minimum Gasteiger partial charge on any atom is -0.481 e. The zero-order valence-electron chi connectivity index (χ0n) is 19.9. The topological polar surface area (TPSA) is 122 Å². The summed E-state index contributed by atoms with van der Waals surface area (Å²) < 4.78 is 19.4. The van der Waals surface area contributed by atoms with Crippen LogP contribution in [0.5, 0.6) is 0 Å². The Morgan fingerprint density at radius 3 is 2.66 bits per heavy atom. The van der Waals surface area contributed by atoms with Crippen molar-refractivity contribution in [3.63, 3.8) is 0 Å². The maximum absolute atomic E-state index is 14.2. The molecule has 0 aliphatic carbocycles. The molecule has 6 N–H and O–H groups in total. The molecule has 1 aromatic heterocycles. The third kappa shape index (κ3) is 7.84. The highest BCUT2D eigenvalue weighted by atomic mass is 35.5. The summed E-state index contributed by atoms with van der Waals surface area (Å²) in [4.78, 5) is 21.2. The van der Waals surface area contributed by atoms with E-state index in [4.69, 9.17) is 27.8 Å². The van der Waals surface area contributed by atoms with Crippen LogP contribution >= 0.6 is 11.6 Å². The molecule has 1 aliphatic heterocycles. The highest BCUT2D eigenvalue weighted by Gasteiger charge is 2.15. The molecule has 0 atom stereocenters. The molecule has 1 aromatic carbocycles. The monoisotopic (exact) mass is 503 g/mol. The quantitative estimate of drug-likeness (QED) is 0.304. The molecule has 2 heterocycles. The van der Waals surface area contributed by atoms with E-state index in [1.54, 1.807) is 18.3 Å². The number of nitrogens with zero attached hydrogens (tertiary/aromatic N) is 3. The van der Waals surface area contributed by atoms with Gasteiger partial charge in [-0.15, -0.1) is 0 Å². The van der Waals surface area contributed by atoms with Gasteiger partial charge in [0, 0.05) is 73.4 Å². The Hall–Kier alpha value is -3.34. The molecular formula is C24H31ClFN7O2. The van der Waals surface area contributed by atoms with Crippen molar-refractivity contribution in [3.8, 4) is 0 Å². The number of hydrogen-bond donors (Lipinski definition) is 4. The number of anilines is 2. The SMILES string of the molecule is CO/C(N)=C(/C=C(\N)c1cc(Cl)ccc1F)Nc1ccnc(NC(=O)CCN2CCN(C)CC2)c1. The van der Waals surface area contributed by atoms with Crippen molar-refractivity contribution < 1.29 is 13.9 Å². The zero-order chi connectivity index (χ0) is 25.4. The van der Waals surface area contributed by atoms with Crippen LogP contribution in [0, 0.1) is 5.82 Å². The third-order valence-corrected chi connectivity index (χ3v) is 5.82. The van der Waals surface area contributed by atoms with Gasteiger partial charge in [0.25, 0.3) is 0 Å². The van der Waals surface area contributed by atoms with Crippen LogP contribution < -0.4 is 22.1 Å². The number of halogens is 2. The molecule has 188 valence electrons. The van der Waals surface area contributed by atoms with E-state index in [9.17, 15) is 9.18 Å². The number of rotatable bonds is 9. The molecule has 0 bridgehead atoms. The van der Waals surface area contributed by atoms with Gasteiger partial charge in [0.2, 0.25) is 11.8 Å².